The van der Waals surface area contributed by atoms with Gasteiger partial charge in [0.15, 0.2) is 0 Å². The SMILES string of the molecule is Cc1ccc(CN(C)C(=O)C2CCCN(C(=O)c3ccc(C)cc3)C2)cc1. The average Bonchev–Trinajstić information content (AvgIpc) is 2.69. The Hall–Kier alpha value is -2.62. The molecule has 1 atom stereocenters. The van der Waals surface area contributed by atoms with Crippen LogP contribution in [0.2, 0.25) is 0 Å². The average molecular weight is 364 g/mol. The van der Waals surface area contributed by atoms with Crippen LogP contribution in [-0.2, 0) is 11.3 Å². The van der Waals surface area contributed by atoms with Crippen LogP contribution in [0.1, 0.15) is 39.9 Å². The van der Waals surface area contributed by atoms with Crippen molar-refractivity contribution in [1.82, 2.24) is 9.80 Å². The summed E-state index contributed by atoms with van der Waals surface area (Å²) >= 11 is 0. The van der Waals surface area contributed by atoms with E-state index in [4.69, 9.17) is 0 Å². The zero-order chi connectivity index (χ0) is 19.4. The summed E-state index contributed by atoms with van der Waals surface area (Å²) in [6, 6.07) is 15.9. The third-order valence-corrected chi connectivity index (χ3v) is 5.27. The quantitative estimate of drug-likeness (QED) is 0.828. The van der Waals surface area contributed by atoms with Gasteiger partial charge in [0.25, 0.3) is 5.91 Å². The summed E-state index contributed by atoms with van der Waals surface area (Å²) in [7, 11) is 1.85. The first kappa shape index (κ1) is 19.2. The highest BCUT2D eigenvalue weighted by Crippen LogP contribution is 2.21. The van der Waals surface area contributed by atoms with E-state index in [0.717, 1.165) is 30.5 Å². The van der Waals surface area contributed by atoms with Crippen molar-refractivity contribution in [3.05, 3.63) is 70.8 Å². The van der Waals surface area contributed by atoms with Crippen molar-refractivity contribution in [3.8, 4) is 0 Å². The summed E-state index contributed by atoms with van der Waals surface area (Å²) in [5, 5.41) is 0. The predicted octanol–water partition coefficient (Wildman–Crippen LogP) is 3.81. The van der Waals surface area contributed by atoms with Gasteiger partial charge in [0.05, 0.1) is 5.92 Å². The number of rotatable bonds is 4. The Morgan fingerprint density at radius 1 is 1.00 bits per heavy atom. The lowest BCUT2D eigenvalue weighted by Gasteiger charge is -2.34. The number of hydrogen-bond donors (Lipinski definition) is 0. The van der Waals surface area contributed by atoms with Gasteiger partial charge in [-0.25, -0.2) is 0 Å². The molecule has 0 radical (unpaired) electrons. The lowest BCUT2D eigenvalue weighted by molar-refractivity contribution is -0.136. The molecule has 3 rings (SSSR count). The summed E-state index contributed by atoms with van der Waals surface area (Å²) in [6.45, 7) is 5.89. The Morgan fingerprint density at radius 2 is 1.59 bits per heavy atom. The second-order valence-electron chi connectivity index (χ2n) is 7.64. The fraction of sp³-hybridized carbons (Fsp3) is 0.391. The molecule has 4 nitrogen and oxygen atoms in total. The summed E-state index contributed by atoms with van der Waals surface area (Å²) in [5.41, 5.74) is 4.17. The van der Waals surface area contributed by atoms with Crippen molar-refractivity contribution in [3.63, 3.8) is 0 Å². The van der Waals surface area contributed by atoms with Crippen LogP contribution in [-0.4, -0.2) is 41.8 Å². The van der Waals surface area contributed by atoms with E-state index in [-0.39, 0.29) is 17.7 Å². The summed E-state index contributed by atoms with van der Waals surface area (Å²) < 4.78 is 0. The van der Waals surface area contributed by atoms with Gasteiger partial charge in [-0.15, -0.1) is 0 Å². The largest absolute Gasteiger partial charge is 0.341 e. The molecule has 1 saturated heterocycles. The number of nitrogens with zero attached hydrogens (tertiary/aromatic N) is 2. The minimum atomic E-state index is -0.122. The second kappa shape index (κ2) is 8.38. The molecule has 0 bridgehead atoms. The van der Waals surface area contributed by atoms with Gasteiger partial charge in [0.1, 0.15) is 0 Å². The van der Waals surface area contributed by atoms with Crippen LogP contribution >= 0.6 is 0 Å². The van der Waals surface area contributed by atoms with Gasteiger partial charge in [-0.3, -0.25) is 9.59 Å². The fourth-order valence-corrected chi connectivity index (χ4v) is 3.60. The summed E-state index contributed by atoms with van der Waals surface area (Å²) in [6.07, 6.45) is 1.71. The molecule has 2 aromatic rings. The van der Waals surface area contributed by atoms with Crippen LogP contribution in [0.25, 0.3) is 0 Å². The van der Waals surface area contributed by atoms with Crippen LogP contribution in [0.5, 0.6) is 0 Å². The normalized spacial score (nSPS) is 16.9. The highest BCUT2D eigenvalue weighted by Gasteiger charge is 2.30. The molecular weight excluding hydrogens is 336 g/mol. The van der Waals surface area contributed by atoms with Crippen LogP contribution in [0.4, 0.5) is 0 Å². The Bertz CT molecular complexity index is 796. The molecule has 0 spiro atoms. The highest BCUT2D eigenvalue weighted by molar-refractivity contribution is 5.94. The van der Waals surface area contributed by atoms with Crippen molar-refractivity contribution >= 4 is 11.8 Å². The molecule has 0 saturated carbocycles. The molecule has 1 heterocycles. The molecule has 0 N–H and O–H groups in total. The van der Waals surface area contributed by atoms with Crippen molar-refractivity contribution in [2.24, 2.45) is 5.92 Å². The van der Waals surface area contributed by atoms with Crippen molar-refractivity contribution in [2.75, 3.05) is 20.1 Å². The van der Waals surface area contributed by atoms with Crippen LogP contribution in [0.15, 0.2) is 48.5 Å². The first-order valence-electron chi connectivity index (χ1n) is 9.60. The molecule has 1 aliphatic heterocycles. The Labute approximate surface area is 161 Å². The minimum absolute atomic E-state index is 0.0219. The number of benzene rings is 2. The maximum atomic E-state index is 12.9. The second-order valence-corrected chi connectivity index (χ2v) is 7.64. The maximum Gasteiger partial charge on any atom is 0.253 e. The van der Waals surface area contributed by atoms with Gasteiger partial charge in [-0.2, -0.15) is 0 Å². The fourth-order valence-electron chi connectivity index (χ4n) is 3.60. The molecule has 2 amide bonds. The minimum Gasteiger partial charge on any atom is -0.341 e. The van der Waals surface area contributed by atoms with Gasteiger partial charge >= 0.3 is 0 Å². The third-order valence-electron chi connectivity index (χ3n) is 5.27. The van der Waals surface area contributed by atoms with E-state index in [1.807, 2.05) is 43.1 Å². The number of carbonyl (C=O) groups excluding carboxylic acids is 2. The van der Waals surface area contributed by atoms with E-state index in [0.29, 0.717) is 18.7 Å². The Morgan fingerprint density at radius 3 is 2.22 bits per heavy atom. The lowest BCUT2D eigenvalue weighted by Crippen LogP contribution is -2.45. The molecule has 4 heteroatoms. The van der Waals surface area contributed by atoms with Crippen molar-refractivity contribution < 1.29 is 9.59 Å². The highest BCUT2D eigenvalue weighted by atomic mass is 16.2. The van der Waals surface area contributed by atoms with Crippen LogP contribution in [0.3, 0.4) is 0 Å². The Kier molecular flexibility index (Phi) is 5.94. The van der Waals surface area contributed by atoms with E-state index < -0.39 is 0 Å². The standard InChI is InChI=1S/C23H28N2O2/c1-17-6-10-19(11-7-17)15-24(3)22(26)21-5-4-14-25(16-21)23(27)20-12-8-18(2)9-13-20/h6-13,21H,4-5,14-16H2,1-3H3. The first-order valence-corrected chi connectivity index (χ1v) is 9.60. The third kappa shape index (κ3) is 4.76. The number of aryl methyl sites for hydroxylation is 2. The molecule has 1 unspecified atom stereocenters. The van der Waals surface area contributed by atoms with Gasteiger partial charge in [-0.1, -0.05) is 47.5 Å². The molecular formula is C23H28N2O2. The topological polar surface area (TPSA) is 40.6 Å². The van der Waals surface area contributed by atoms with Crippen molar-refractivity contribution in [2.45, 2.75) is 33.2 Å². The van der Waals surface area contributed by atoms with Gasteiger partial charge < -0.3 is 9.80 Å². The van der Waals surface area contributed by atoms with Crippen LogP contribution < -0.4 is 0 Å². The smallest absolute Gasteiger partial charge is 0.253 e. The number of hydrogen-bond acceptors (Lipinski definition) is 2. The van der Waals surface area contributed by atoms with Gasteiger partial charge in [0.2, 0.25) is 5.91 Å². The summed E-state index contributed by atoms with van der Waals surface area (Å²) in [4.78, 5) is 29.3. The first-order chi connectivity index (χ1) is 12.9. The molecule has 27 heavy (non-hydrogen) atoms. The van der Waals surface area contributed by atoms with Crippen LogP contribution in [0, 0.1) is 19.8 Å². The molecule has 1 aliphatic rings. The van der Waals surface area contributed by atoms with Crippen molar-refractivity contribution in [1.29, 1.82) is 0 Å². The lowest BCUT2D eigenvalue weighted by atomic mass is 9.95. The monoisotopic (exact) mass is 364 g/mol. The number of likely N-dealkylation sites (tertiary alicyclic amines) is 1. The zero-order valence-corrected chi connectivity index (χ0v) is 16.4. The maximum absolute atomic E-state index is 12.9. The summed E-state index contributed by atoms with van der Waals surface area (Å²) in [5.74, 6) is 0.0225. The van der Waals surface area contributed by atoms with E-state index >= 15 is 0 Å². The molecule has 0 aromatic heterocycles. The number of piperidine rings is 1. The zero-order valence-electron chi connectivity index (χ0n) is 16.4. The van der Waals surface area contributed by atoms with Gasteiger partial charge in [0, 0.05) is 32.2 Å². The van der Waals surface area contributed by atoms with Gasteiger partial charge in [-0.05, 0) is 44.4 Å². The van der Waals surface area contributed by atoms with E-state index in [2.05, 4.69) is 31.2 Å². The number of amides is 2. The molecule has 0 aliphatic carbocycles. The molecule has 142 valence electrons. The Balaban J connectivity index is 1.62. The van der Waals surface area contributed by atoms with E-state index in [1.54, 1.807) is 4.90 Å². The van der Waals surface area contributed by atoms with E-state index in [9.17, 15) is 9.59 Å². The predicted molar refractivity (Wildman–Crippen MR) is 107 cm³/mol. The molecule has 1 fully saturated rings. The molecule has 2 aromatic carbocycles. The number of carbonyl (C=O) groups is 2. The van der Waals surface area contributed by atoms with E-state index in [1.165, 1.54) is 5.56 Å².